The highest BCUT2D eigenvalue weighted by molar-refractivity contribution is 7.98. The van der Waals surface area contributed by atoms with Gasteiger partial charge in [-0.15, -0.1) is 0 Å². The molecule has 0 amide bonds. The second kappa shape index (κ2) is 8.56. The van der Waals surface area contributed by atoms with E-state index in [4.69, 9.17) is 27.9 Å². The van der Waals surface area contributed by atoms with Gasteiger partial charge in [0.2, 0.25) is 5.88 Å². The van der Waals surface area contributed by atoms with Crippen molar-refractivity contribution in [1.29, 1.82) is 0 Å². The Hall–Kier alpha value is -1.75. The predicted molar refractivity (Wildman–Crippen MR) is 104 cm³/mol. The summed E-state index contributed by atoms with van der Waals surface area (Å²) in [7, 11) is 0. The molecule has 0 aliphatic rings. The zero-order chi connectivity index (χ0) is 17.6. The number of ether oxygens (including phenoxy) is 1. The number of halogens is 2. The highest BCUT2D eigenvalue weighted by atomic mass is 35.5. The Morgan fingerprint density at radius 2 is 1.76 bits per heavy atom. The van der Waals surface area contributed by atoms with E-state index in [0.29, 0.717) is 27.6 Å². The van der Waals surface area contributed by atoms with E-state index in [-0.39, 0.29) is 0 Å². The fraction of sp³-hybridized carbons (Fsp3) is 0.158. The van der Waals surface area contributed by atoms with Crippen LogP contribution in [0.15, 0.2) is 59.8 Å². The van der Waals surface area contributed by atoms with Gasteiger partial charge >= 0.3 is 0 Å². The number of aryl methyl sites for hydroxylation is 1. The molecule has 3 nitrogen and oxygen atoms in total. The van der Waals surface area contributed by atoms with E-state index in [2.05, 4.69) is 16.9 Å². The Balaban J connectivity index is 1.77. The predicted octanol–water partition coefficient (Wildman–Crippen LogP) is 6.43. The number of hydrogen-bond acceptors (Lipinski definition) is 4. The molecule has 0 fully saturated rings. The van der Waals surface area contributed by atoms with E-state index in [1.54, 1.807) is 12.1 Å². The summed E-state index contributed by atoms with van der Waals surface area (Å²) in [4.78, 5) is 9.06. The maximum Gasteiger partial charge on any atom is 0.223 e. The summed E-state index contributed by atoms with van der Waals surface area (Å²) in [5.74, 6) is 1.91. The molecular weight excluding hydrogens is 375 g/mol. The molecule has 0 unspecified atom stereocenters. The highest BCUT2D eigenvalue weighted by Crippen LogP contribution is 2.28. The summed E-state index contributed by atoms with van der Waals surface area (Å²) in [6.07, 6.45) is 0.805. The van der Waals surface area contributed by atoms with Crippen molar-refractivity contribution in [3.05, 3.63) is 75.9 Å². The van der Waals surface area contributed by atoms with Crippen LogP contribution < -0.4 is 4.74 Å². The summed E-state index contributed by atoms with van der Waals surface area (Å²) in [5.41, 5.74) is 1.99. The highest BCUT2D eigenvalue weighted by Gasteiger charge is 2.08. The topological polar surface area (TPSA) is 35.0 Å². The zero-order valence-electron chi connectivity index (χ0n) is 13.6. The van der Waals surface area contributed by atoms with Crippen molar-refractivity contribution in [2.24, 2.45) is 0 Å². The molecule has 1 heterocycles. The van der Waals surface area contributed by atoms with E-state index in [1.165, 1.54) is 11.8 Å². The number of aromatic nitrogens is 2. The van der Waals surface area contributed by atoms with Gasteiger partial charge in [0.15, 0.2) is 5.16 Å². The zero-order valence-corrected chi connectivity index (χ0v) is 15.9. The lowest BCUT2D eigenvalue weighted by Crippen LogP contribution is -1.97. The normalized spacial score (nSPS) is 10.7. The Morgan fingerprint density at radius 3 is 2.48 bits per heavy atom. The van der Waals surface area contributed by atoms with Crippen molar-refractivity contribution >= 4 is 35.0 Å². The van der Waals surface area contributed by atoms with Crippen LogP contribution in [0, 0.1) is 0 Å². The third-order valence-corrected chi connectivity index (χ3v) is 4.96. The van der Waals surface area contributed by atoms with Crippen molar-refractivity contribution in [2.75, 3.05) is 0 Å². The second-order valence-electron chi connectivity index (χ2n) is 5.27. The minimum absolute atomic E-state index is 0.524. The van der Waals surface area contributed by atoms with Crippen molar-refractivity contribution in [1.82, 2.24) is 9.97 Å². The van der Waals surface area contributed by atoms with Gasteiger partial charge in [-0.3, -0.25) is 0 Å². The van der Waals surface area contributed by atoms with Gasteiger partial charge in [0.25, 0.3) is 0 Å². The van der Waals surface area contributed by atoms with Gasteiger partial charge in [-0.2, -0.15) is 4.98 Å². The number of nitrogens with zero attached hydrogens (tertiary/aromatic N) is 2. The van der Waals surface area contributed by atoms with Crippen molar-refractivity contribution < 1.29 is 4.74 Å². The van der Waals surface area contributed by atoms with Crippen molar-refractivity contribution in [3.8, 4) is 11.6 Å². The molecular formula is C19H16Cl2N2OS. The second-order valence-corrected chi connectivity index (χ2v) is 7.06. The van der Waals surface area contributed by atoms with Crippen LogP contribution in [-0.2, 0) is 12.2 Å². The van der Waals surface area contributed by atoms with Crippen LogP contribution in [0.3, 0.4) is 0 Å². The van der Waals surface area contributed by atoms with Gasteiger partial charge in [-0.1, -0.05) is 60.1 Å². The third kappa shape index (κ3) is 5.11. The molecule has 6 heteroatoms. The monoisotopic (exact) mass is 390 g/mol. The number of hydrogen-bond donors (Lipinski definition) is 0. The molecule has 0 bridgehead atoms. The molecule has 0 aliphatic heterocycles. The molecule has 2 aromatic carbocycles. The quantitative estimate of drug-likeness (QED) is 0.358. The maximum atomic E-state index is 6.21. The first-order chi connectivity index (χ1) is 12.1. The SMILES string of the molecule is CCc1cc(Oc2ccc(Cl)cc2)nc(SCc2ccccc2Cl)n1. The lowest BCUT2D eigenvalue weighted by molar-refractivity contribution is 0.454. The molecule has 0 radical (unpaired) electrons. The van der Waals surface area contributed by atoms with Crippen molar-refractivity contribution in [2.45, 2.75) is 24.3 Å². The minimum Gasteiger partial charge on any atom is -0.439 e. The Labute approximate surface area is 161 Å². The van der Waals surface area contributed by atoms with Crippen LogP contribution >= 0.6 is 35.0 Å². The van der Waals surface area contributed by atoms with Gasteiger partial charge in [0.1, 0.15) is 5.75 Å². The van der Waals surface area contributed by atoms with Crippen LogP contribution in [0.25, 0.3) is 0 Å². The van der Waals surface area contributed by atoms with E-state index in [9.17, 15) is 0 Å². The first-order valence-electron chi connectivity index (χ1n) is 7.81. The largest absolute Gasteiger partial charge is 0.439 e. The molecule has 3 aromatic rings. The van der Waals surface area contributed by atoms with Crippen LogP contribution in [-0.4, -0.2) is 9.97 Å². The number of rotatable bonds is 6. The number of benzene rings is 2. The van der Waals surface area contributed by atoms with E-state index in [0.717, 1.165) is 22.7 Å². The van der Waals surface area contributed by atoms with E-state index in [1.807, 2.05) is 42.5 Å². The maximum absolute atomic E-state index is 6.21. The molecule has 128 valence electrons. The van der Waals surface area contributed by atoms with Crippen LogP contribution in [0.5, 0.6) is 11.6 Å². The Bertz CT molecular complexity index is 856. The third-order valence-electron chi connectivity index (χ3n) is 3.45. The Morgan fingerprint density at radius 1 is 1.00 bits per heavy atom. The molecule has 0 aliphatic carbocycles. The van der Waals surface area contributed by atoms with Crippen LogP contribution in [0.4, 0.5) is 0 Å². The lowest BCUT2D eigenvalue weighted by Gasteiger charge is -2.09. The van der Waals surface area contributed by atoms with Gasteiger partial charge in [0.05, 0.1) is 0 Å². The molecule has 0 atom stereocenters. The molecule has 0 N–H and O–H groups in total. The van der Waals surface area contributed by atoms with Gasteiger partial charge in [-0.05, 0) is 42.3 Å². The van der Waals surface area contributed by atoms with Crippen molar-refractivity contribution in [3.63, 3.8) is 0 Å². The van der Waals surface area contributed by atoms with Crippen LogP contribution in [0.1, 0.15) is 18.2 Å². The smallest absolute Gasteiger partial charge is 0.223 e. The lowest BCUT2D eigenvalue weighted by atomic mass is 10.2. The number of thioether (sulfide) groups is 1. The molecule has 1 aromatic heterocycles. The average Bonchev–Trinajstić information content (AvgIpc) is 2.63. The molecule has 3 rings (SSSR count). The Kier molecular flexibility index (Phi) is 6.19. The van der Waals surface area contributed by atoms with E-state index < -0.39 is 0 Å². The van der Waals surface area contributed by atoms with Crippen LogP contribution in [0.2, 0.25) is 10.0 Å². The first-order valence-corrected chi connectivity index (χ1v) is 9.56. The van der Waals surface area contributed by atoms with Gasteiger partial charge < -0.3 is 4.74 Å². The summed E-state index contributed by atoms with van der Waals surface area (Å²) in [6.45, 7) is 2.05. The molecule has 0 spiro atoms. The molecule has 0 saturated carbocycles. The fourth-order valence-corrected chi connectivity index (χ4v) is 3.41. The molecule has 25 heavy (non-hydrogen) atoms. The minimum atomic E-state index is 0.524. The van der Waals surface area contributed by atoms with E-state index >= 15 is 0 Å². The fourth-order valence-electron chi connectivity index (χ4n) is 2.13. The average molecular weight is 391 g/mol. The molecule has 0 saturated heterocycles. The summed E-state index contributed by atoms with van der Waals surface area (Å²) in [6, 6.07) is 16.8. The standard InChI is InChI=1S/C19H16Cl2N2OS/c1-2-15-11-18(24-16-9-7-14(20)8-10-16)23-19(22-15)25-12-13-5-3-4-6-17(13)21/h3-11H,2,12H2,1H3. The van der Waals surface area contributed by atoms with Gasteiger partial charge in [0, 0.05) is 27.6 Å². The first kappa shape index (κ1) is 18.1. The van der Waals surface area contributed by atoms with Gasteiger partial charge in [-0.25, -0.2) is 4.98 Å². The summed E-state index contributed by atoms with van der Waals surface area (Å²) >= 11 is 13.7. The summed E-state index contributed by atoms with van der Waals surface area (Å²) in [5, 5.41) is 2.09. The summed E-state index contributed by atoms with van der Waals surface area (Å²) < 4.78 is 5.84.